The van der Waals surface area contributed by atoms with Gasteiger partial charge in [-0.05, 0) is 121 Å². The van der Waals surface area contributed by atoms with Crippen LogP contribution in [0.5, 0.6) is 0 Å². The third-order valence-corrected chi connectivity index (χ3v) is 13.0. The van der Waals surface area contributed by atoms with E-state index in [1.807, 2.05) is 67.0 Å². The van der Waals surface area contributed by atoms with Crippen molar-refractivity contribution in [3.63, 3.8) is 0 Å². The van der Waals surface area contributed by atoms with Crippen LogP contribution >= 0.6 is 0 Å². The average molecular weight is 1090 g/mol. The van der Waals surface area contributed by atoms with Crippen LogP contribution in [0.3, 0.4) is 0 Å². The van der Waals surface area contributed by atoms with Crippen molar-refractivity contribution in [1.82, 2.24) is 15.0 Å². The Kier molecular flexibility index (Phi) is 14.5. The van der Waals surface area contributed by atoms with Gasteiger partial charge < -0.3 is 15.0 Å². The van der Waals surface area contributed by atoms with Crippen molar-refractivity contribution >= 4 is 0 Å². The van der Waals surface area contributed by atoms with Crippen LogP contribution < -0.4 is 0 Å². The minimum atomic E-state index is 0. The molecular formula is C67H48IrN3. The van der Waals surface area contributed by atoms with Crippen molar-refractivity contribution in [1.29, 1.82) is 0 Å². The van der Waals surface area contributed by atoms with Crippen LogP contribution in [0.4, 0.5) is 0 Å². The van der Waals surface area contributed by atoms with Gasteiger partial charge in [-0.25, -0.2) is 0 Å². The number of rotatable bonds is 14. The molecule has 4 heteroatoms. The quantitative estimate of drug-likeness (QED) is 0.102. The Morgan fingerprint density at radius 1 is 0.268 bits per heavy atom. The predicted molar refractivity (Wildman–Crippen MR) is 288 cm³/mol. The van der Waals surface area contributed by atoms with E-state index in [0.717, 1.165) is 92.8 Å². The van der Waals surface area contributed by atoms with E-state index in [0.29, 0.717) is 0 Å². The Morgan fingerprint density at radius 2 is 0.732 bits per heavy atom. The van der Waals surface area contributed by atoms with Gasteiger partial charge in [0.25, 0.3) is 0 Å². The molecule has 0 aliphatic rings. The fraction of sp³-hybridized carbons (Fsp3) is 0.0597. The van der Waals surface area contributed by atoms with Crippen molar-refractivity contribution in [3.8, 4) is 89.4 Å². The summed E-state index contributed by atoms with van der Waals surface area (Å²) in [5, 5.41) is 0. The first kappa shape index (κ1) is 46.6. The molecule has 0 aliphatic carbocycles. The second-order valence-electron chi connectivity index (χ2n) is 17.7. The maximum atomic E-state index is 5.13. The molecule has 0 saturated carbocycles. The maximum absolute atomic E-state index is 5.13. The Labute approximate surface area is 431 Å². The van der Waals surface area contributed by atoms with Gasteiger partial charge in [0.1, 0.15) is 0 Å². The molecule has 3 aromatic heterocycles. The molecule has 8 aromatic carbocycles. The zero-order valence-corrected chi connectivity index (χ0v) is 41.5. The van der Waals surface area contributed by atoms with E-state index < -0.39 is 0 Å². The minimum absolute atomic E-state index is 0. The molecule has 0 amide bonds. The number of hydrogen-bond donors (Lipinski definition) is 0. The fourth-order valence-corrected chi connectivity index (χ4v) is 9.28. The summed E-state index contributed by atoms with van der Waals surface area (Å²) in [6.07, 6.45) is 9.58. The number of pyridine rings is 3. The number of nitrogens with zero attached hydrogens (tertiary/aromatic N) is 3. The van der Waals surface area contributed by atoms with E-state index in [1.165, 1.54) is 44.5 Å². The third-order valence-electron chi connectivity index (χ3n) is 13.0. The Hall–Kier alpha value is -8.14. The van der Waals surface area contributed by atoms with Gasteiger partial charge in [-0.2, -0.15) is 0 Å². The molecule has 340 valence electrons. The molecule has 11 rings (SSSR count). The SMILES string of the molecule is [Ir+3].[c-]1ccccc1-c1ccc(CCc2cc(CCc3ccc(-c4[c-]cccc4)nc3)cc(-c3ccccc3-c3cnc(-c4[c-]cccc4)cc3-c3cccc(-c4ccc(-c5ccccc5)cc4)c3)c2)cn1. The molecule has 0 unspecified atom stereocenters. The molecule has 0 N–H and O–H groups in total. The van der Waals surface area contributed by atoms with Crippen LogP contribution in [0.1, 0.15) is 22.3 Å². The predicted octanol–water partition coefficient (Wildman–Crippen LogP) is 16.2. The summed E-state index contributed by atoms with van der Waals surface area (Å²) in [4.78, 5) is 14.8. The van der Waals surface area contributed by atoms with Crippen LogP contribution in [0.15, 0.2) is 243 Å². The molecule has 0 fully saturated rings. The fourth-order valence-electron chi connectivity index (χ4n) is 9.28. The van der Waals surface area contributed by atoms with Crippen LogP contribution in [0.25, 0.3) is 89.4 Å². The first-order valence-corrected chi connectivity index (χ1v) is 24.0. The largest absolute Gasteiger partial charge is 3.00 e. The summed E-state index contributed by atoms with van der Waals surface area (Å²) in [5.41, 5.74) is 22.2. The van der Waals surface area contributed by atoms with E-state index in [4.69, 9.17) is 15.0 Å². The van der Waals surface area contributed by atoms with Crippen LogP contribution in [0, 0.1) is 18.2 Å². The van der Waals surface area contributed by atoms with E-state index in [9.17, 15) is 0 Å². The topological polar surface area (TPSA) is 38.7 Å². The van der Waals surface area contributed by atoms with Crippen molar-refractivity contribution < 1.29 is 20.1 Å². The van der Waals surface area contributed by atoms with Gasteiger partial charge in [-0.1, -0.05) is 146 Å². The molecule has 71 heavy (non-hydrogen) atoms. The normalized spacial score (nSPS) is 10.9. The summed E-state index contributed by atoms with van der Waals surface area (Å²) >= 11 is 0. The van der Waals surface area contributed by atoms with Gasteiger partial charge in [0.2, 0.25) is 0 Å². The molecule has 3 heterocycles. The average Bonchev–Trinajstić information content (AvgIpc) is 3.45. The number of benzene rings is 8. The molecule has 0 aliphatic heterocycles. The number of aryl methyl sites for hydroxylation is 4. The Bertz CT molecular complexity index is 3380. The van der Waals surface area contributed by atoms with Crippen LogP contribution in [0.2, 0.25) is 0 Å². The monoisotopic (exact) mass is 1090 g/mol. The first-order valence-electron chi connectivity index (χ1n) is 24.0. The summed E-state index contributed by atoms with van der Waals surface area (Å²) in [6, 6.07) is 89.3. The first-order chi connectivity index (χ1) is 34.7. The van der Waals surface area contributed by atoms with E-state index in [-0.39, 0.29) is 20.1 Å². The molecule has 3 nitrogen and oxygen atoms in total. The van der Waals surface area contributed by atoms with E-state index >= 15 is 0 Å². The van der Waals surface area contributed by atoms with Crippen molar-refractivity contribution in [2.75, 3.05) is 0 Å². The van der Waals surface area contributed by atoms with E-state index in [1.54, 1.807) is 0 Å². The molecule has 11 aromatic rings. The number of hydrogen-bond acceptors (Lipinski definition) is 3. The van der Waals surface area contributed by atoms with Gasteiger partial charge in [0.15, 0.2) is 0 Å². The zero-order chi connectivity index (χ0) is 46.9. The zero-order valence-electron chi connectivity index (χ0n) is 39.1. The minimum Gasteiger partial charge on any atom is -0.304 e. The molecule has 0 radical (unpaired) electrons. The number of aromatic nitrogens is 3. The van der Waals surface area contributed by atoms with Crippen LogP contribution in [-0.4, -0.2) is 15.0 Å². The maximum Gasteiger partial charge on any atom is 3.00 e. The van der Waals surface area contributed by atoms with Gasteiger partial charge in [-0.15, -0.1) is 108 Å². The Morgan fingerprint density at radius 3 is 1.28 bits per heavy atom. The van der Waals surface area contributed by atoms with Crippen LogP contribution in [-0.2, 0) is 45.8 Å². The molecule has 0 bridgehead atoms. The Balaban J connectivity index is 0.00000582. The smallest absolute Gasteiger partial charge is 0.304 e. The molecule has 0 saturated heterocycles. The van der Waals surface area contributed by atoms with E-state index in [2.05, 4.69) is 194 Å². The standard InChI is InChI=1S/C67H48N3.Ir/c1-5-16-52(17-6-1)53-34-36-54(37-35-53)58-24-15-25-59(43-58)63-44-67(57-22-11-4-12-23-57)70-47-64(63)62-27-14-13-26-61(62)60-41-50(30-28-48-32-38-65(68-45-48)55-18-7-2-8-19-55)40-51(42-60)31-29-49-33-39-66(69-46-49)56-20-9-3-10-21-56;/h1-18,20,22,24-27,32-47H,28-31H2;/q-3;+3. The van der Waals surface area contributed by atoms with Gasteiger partial charge in [0, 0.05) is 24.2 Å². The van der Waals surface area contributed by atoms with Crippen molar-refractivity contribution in [2.24, 2.45) is 0 Å². The summed E-state index contributed by atoms with van der Waals surface area (Å²) in [6.45, 7) is 0. The van der Waals surface area contributed by atoms with Gasteiger partial charge in [0.05, 0.1) is 0 Å². The van der Waals surface area contributed by atoms with Gasteiger partial charge >= 0.3 is 20.1 Å². The van der Waals surface area contributed by atoms with Gasteiger partial charge in [-0.3, -0.25) is 0 Å². The summed E-state index contributed by atoms with van der Waals surface area (Å²) in [7, 11) is 0. The third kappa shape index (κ3) is 11.0. The summed E-state index contributed by atoms with van der Waals surface area (Å²) in [5.74, 6) is 0. The second-order valence-corrected chi connectivity index (χ2v) is 17.7. The molecule has 0 atom stereocenters. The van der Waals surface area contributed by atoms with Crippen molar-refractivity contribution in [3.05, 3.63) is 283 Å². The molecular weight excluding hydrogens is 1040 g/mol. The summed E-state index contributed by atoms with van der Waals surface area (Å²) < 4.78 is 0. The molecule has 0 spiro atoms. The van der Waals surface area contributed by atoms with Crippen molar-refractivity contribution in [2.45, 2.75) is 25.7 Å². The second kappa shape index (κ2) is 22.1.